The van der Waals surface area contributed by atoms with E-state index in [4.69, 9.17) is 0 Å². The highest BCUT2D eigenvalue weighted by molar-refractivity contribution is 5.35. The lowest BCUT2D eigenvalue weighted by Crippen LogP contribution is -2.39. The van der Waals surface area contributed by atoms with Crippen molar-refractivity contribution in [3.63, 3.8) is 0 Å². The van der Waals surface area contributed by atoms with Crippen molar-refractivity contribution in [1.82, 2.24) is 5.32 Å². The monoisotopic (exact) mass is 217 g/mol. The second-order valence-corrected chi connectivity index (χ2v) is 5.62. The molecule has 0 saturated carbocycles. The summed E-state index contributed by atoms with van der Waals surface area (Å²) in [7, 11) is 0. The van der Waals surface area contributed by atoms with Crippen LogP contribution in [0.2, 0.25) is 0 Å². The lowest BCUT2D eigenvalue weighted by molar-refractivity contribution is 0.377. The molecule has 1 heterocycles. The standard InChI is InChI=1S/C15H23N/c1-10(2)12-5-6-13-9-16-15(11(3)4)8-14(13)7-12/h5-7,10-11,15-16H,8-9H2,1-4H3. The van der Waals surface area contributed by atoms with Crippen LogP contribution < -0.4 is 5.32 Å². The molecule has 1 atom stereocenters. The first-order valence-electron chi connectivity index (χ1n) is 6.43. The second kappa shape index (κ2) is 4.58. The molecule has 16 heavy (non-hydrogen) atoms. The van der Waals surface area contributed by atoms with Crippen LogP contribution in [0.4, 0.5) is 0 Å². The van der Waals surface area contributed by atoms with E-state index in [2.05, 4.69) is 51.2 Å². The Balaban J connectivity index is 2.25. The molecule has 1 aromatic carbocycles. The summed E-state index contributed by atoms with van der Waals surface area (Å²) in [5, 5.41) is 3.62. The maximum atomic E-state index is 3.62. The minimum absolute atomic E-state index is 0.637. The molecule has 1 heteroatoms. The van der Waals surface area contributed by atoms with E-state index in [1.54, 1.807) is 5.56 Å². The summed E-state index contributed by atoms with van der Waals surface area (Å²) < 4.78 is 0. The molecule has 1 unspecified atom stereocenters. The molecule has 2 rings (SSSR count). The zero-order valence-electron chi connectivity index (χ0n) is 10.9. The highest BCUT2D eigenvalue weighted by atomic mass is 14.9. The average Bonchev–Trinajstić information content (AvgIpc) is 2.27. The van der Waals surface area contributed by atoms with Gasteiger partial charge < -0.3 is 5.32 Å². The van der Waals surface area contributed by atoms with Gasteiger partial charge in [0.05, 0.1) is 0 Å². The van der Waals surface area contributed by atoms with Gasteiger partial charge >= 0.3 is 0 Å². The molecule has 88 valence electrons. The Morgan fingerprint density at radius 1 is 1.12 bits per heavy atom. The van der Waals surface area contributed by atoms with Crippen LogP contribution >= 0.6 is 0 Å². The smallest absolute Gasteiger partial charge is 0.0211 e. The molecule has 0 amide bonds. The molecule has 1 nitrogen and oxygen atoms in total. The zero-order chi connectivity index (χ0) is 11.7. The van der Waals surface area contributed by atoms with Crippen molar-refractivity contribution in [1.29, 1.82) is 0 Å². The largest absolute Gasteiger partial charge is 0.309 e. The predicted octanol–water partition coefficient (Wildman–Crippen LogP) is 3.48. The molecule has 1 N–H and O–H groups in total. The molecule has 0 saturated heterocycles. The summed E-state index contributed by atoms with van der Waals surface area (Å²) in [6.45, 7) is 10.2. The van der Waals surface area contributed by atoms with Crippen molar-refractivity contribution >= 4 is 0 Å². The van der Waals surface area contributed by atoms with Gasteiger partial charge in [-0.2, -0.15) is 0 Å². The van der Waals surface area contributed by atoms with Crippen LogP contribution in [-0.2, 0) is 13.0 Å². The Hall–Kier alpha value is -0.820. The summed E-state index contributed by atoms with van der Waals surface area (Å²) in [6.07, 6.45) is 1.19. The lowest BCUT2D eigenvalue weighted by atomic mass is 9.87. The van der Waals surface area contributed by atoms with Gasteiger partial charge in [0.25, 0.3) is 0 Å². The van der Waals surface area contributed by atoms with Gasteiger partial charge in [0.1, 0.15) is 0 Å². The highest BCUT2D eigenvalue weighted by Crippen LogP contribution is 2.24. The molecular formula is C15H23N. The average molecular weight is 217 g/mol. The molecule has 0 fully saturated rings. The van der Waals surface area contributed by atoms with Crippen molar-refractivity contribution in [2.45, 2.75) is 52.6 Å². The Morgan fingerprint density at radius 3 is 2.50 bits per heavy atom. The van der Waals surface area contributed by atoms with Gasteiger partial charge in [0.2, 0.25) is 0 Å². The first-order chi connectivity index (χ1) is 7.58. The normalized spacial score (nSPS) is 20.2. The van der Waals surface area contributed by atoms with Gasteiger partial charge in [0, 0.05) is 12.6 Å². The van der Waals surface area contributed by atoms with Crippen molar-refractivity contribution in [2.24, 2.45) is 5.92 Å². The van der Waals surface area contributed by atoms with Crippen molar-refractivity contribution in [3.8, 4) is 0 Å². The number of hydrogen-bond donors (Lipinski definition) is 1. The zero-order valence-corrected chi connectivity index (χ0v) is 10.9. The summed E-state index contributed by atoms with van der Waals surface area (Å²) in [5.74, 6) is 1.36. The van der Waals surface area contributed by atoms with E-state index in [0.29, 0.717) is 12.0 Å². The number of rotatable bonds is 2. The quantitative estimate of drug-likeness (QED) is 0.799. The molecule has 0 radical (unpaired) electrons. The van der Waals surface area contributed by atoms with Gasteiger partial charge in [-0.1, -0.05) is 45.9 Å². The van der Waals surface area contributed by atoms with Crippen molar-refractivity contribution < 1.29 is 0 Å². The molecule has 1 aliphatic heterocycles. The van der Waals surface area contributed by atoms with E-state index in [1.165, 1.54) is 17.5 Å². The topological polar surface area (TPSA) is 12.0 Å². The van der Waals surface area contributed by atoms with Gasteiger partial charge in [-0.15, -0.1) is 0 Å². The van der Waals surface area contributed by atoms with Crippen molar-refractivity contribution in [2.75, 3.05) is 0 Å². The Morgan fingerprint density at radius 2 is 1.88 bits per heavy atom. The third-order valence-electron chi connectivity index (χ3n) is 3.70. The summed E-state index contributed by atoms with van der Waals surface area (Å²) in [6, 6.07) is 7.64. The first-order valence-corrected chi connectivity index (χ1v) is 6.43. The molecule has 0 spiro atoms. The molecule has 0 aliphatic carbocycles. The molecular weight excluding hydrogens is 194 g/mol. The van der Waals surface area contributed by atoms with Crippen LogP contribution in [0.25, 0.3) is 0 Å². The maximum Gasteiger partial charge on any atom is 0.0211 e. The molecule has 1 aromatic rings. The van der Waals surface area contributed by atoms with E-state index < -0.39 is 0 Å². The number of fused-ring (bicyclic) bond motifs is 1. The van der Waals surface area contributed by atoms with Crippen LogP contribution in [0, 0.1) is 5.92 Å². The van der Waals surface area contributed by atoms with E-state index >= 15 is 0 Å². The van der Waals surface area contributed by atoms with Gasteiger partial charge in [-0.05, 0) is 34.9 Å². The maximum absolute atomic E-state index is 3.62. The molecule has 0 bridgehead atoms. The number of nitrogens with one attached hydrogen (secondary N) is 1. The molecule has 0 aromatic heterocycles. The fraction of sp³-hybridized carbons (Fsp3) is 0.600. The Bertz CT molecular complexity index is 366. The van der Waals surface area contributed by atoms with Crippen LogP contribution in [0.1, 0.15) is 50.3 Å². The Labute approximate surface area is 99.3 Å². The summed E-state index contributed by atoms with van der Waals surface area (Å²) in [5.41, 5.74) is 4.52. The van der Waals surface area contributed by atoms with Crippen LogP contribution in [0.5, 0.6) is 0 Å². The number of hydrogen-bond acceptors (Lipinski definition) is 1. The Kier molecular flexibility index (Phi) is 3.34. The van der Waals surface area contributed by atoms with E-state index in [-0.39, 0.29) is 0 Å². The van der Waals surface area contributed by atoms with E-state index in [0.717, 1.165) is 12.5 Å². The summed E-state index contributed by atoms with van der Waals surface area (Å²) >= 11 is 0. The second-order valence-electron chi connectivity index (χ2n) is 5.62. The predicted molar refractivity (Wildman–Crippen MR) is 69.7 cm³/mol. The fourth-order valence-corrected chi connectivity index (χ4v) is 2.39. The van der Waals surface area contributed by atoms with Gasteiger partial charge in [-0.25, -0.2) is 0 Å². The summed E-state index contributed by atoms with van der Waals surface area (Å²) in [4.78, 5) is 0. The molecule has 1 aliphatic rings. The minimum atomic E-state index is 0.637. The van der Waals surface area contributed by atoms with E-state index in [9.17, 15) is 0 Å². The third-order valence-corrected chi connectivity index (χ3v) is 3.70. The van der Waals surface area contributed by atoms with Crippen LogP contribution in [0.3, 0.4) is 0 Å². The van der Waals surface area contributed by atoms with Crippen LogP contribution in [0.15, 0.2) is 18.2 Å². The van der Waals surface area contributed by atoms with Crippen LogP contribution in [-0.4, -0.2) is 6.04 Å². The SMILES string of the molecule is CC(C)c1ccc2c(c1)CC(C(C)C)NC2. The van der Waals surface area contributed by atoms with Crippen molar-refractivity contribution in [3.05, 3.63) is 34.9 Å². The third kappa shape index (κ3) is 2.30. The highest BCUT2D eigenvalue weighted by Gasteiger charge is 2.20. The first kappa shape index (κ1) is 11.7. The van der Waals surface area contributed by atoms with E-state index in [1.807, 2.05) is 0 Å². The fourth-order valence-electron chi connectivity index (χ4n) is 2.39. The van der Waals surface area contributed by atoms with Gasteiger partial charge in [-0.3, -0.25) is 0 Å². The van der Waals surface area contributed by atoms with Gasteiger partial charge in [0.15, 0.2) is 0 Å². The number of benzene rings is 1. The lowest BCUT2D eigenvalue weighted by Gasteiger charge is -2.29. The minimum Gasteiger partial charge on any atom is -0.309 e.